The van der Waals surface area contributed by atoms with Crippen LogP contribution in [0.15, 0.2) is 12.3 Å². The number of nitrogen functional groups attached to an aromatic ring is 1. The fraction of sp³-hybridized carbons (Fsp3) is 0.429. The molecule has 4 N–H and O–H groups in total. The Morgan fingerprint density at radius 1 is 1.45 bits per heavy atom. The van der Waals surface area contributed by atoms with Crippen molar-refractivity contribution in [2.45, 2.75) is 12.8 Å². The Hall–Kier alpha value is -1.16. The highest BCUT2D eigenvalue weighted by molar-refractivity contribution is 5.17. The first kappa shape index (κ1) is 7.94. The predicted molar refractivity (Wildman–Crippen MR) is 43.8 cm³/mol. The standard InChI is InChI=1S/C7H12N4/c8-4-1-2-6-3-5-10-7(9)11-6/h3,5H,1-2,4,8H2,(H2,9,10,11). The summed E-state index contributed by atoms with van der Waals surface area (Å²) in [5, 5.41) is 0. The highest BCUT2D eigenvalue weighted by Gasteiger charge is 1.93. The van der Waals surface area contributed by atoms with E-state index in [1.54, 1.807) is 6.20 Å². The second-order valence-electron chi connectivity index (χ2n) is 2.30. The third kappa shape index (κ3) is 2.51. The predicted octanol–water partition coefficient (Wildman–Crippen LogP) is -0.0499. The third-order valence-corrected chi connectivity index (χ3v) is 1.37. The minimum Gasteiger partial charge on any atom is -0.368 e. The van der Waals surface area contributed by atoms with E-state index in [1.165, 1.54) is 0 Å². The molecule has 4 heteroatoms. The first-order valence-corrected chi connectivity index (χ1v) is 3.60. The summed E-state index contributed by atoms with van der Waals surface area (Å²) in [6, 6.07) is 1.85. The Kier molecular flexibility index (Phi) is 2.80. The number of aryl methyl sites for hydroxylation is 1. The Morgan fingerprint density at radius 2 is 2.27 bits per heavy atom. The lowest BCUT2D eigenvalue weighted by Crippen LogP contribution is -2.03. The molecule has 1 heterocycles. The number of nitrogens with two attached hydrogens (primary N) is 2. The number of rotatable bonds is 3. The van der Waals surface area contributed by atoms with Gasteiger partial charge in [-0.15, -0.1) is 0 Å². The van der Waals surface area contributed by atoms with Crippen LogP contribution in [0.2, 0.25) is 0 Å². The van der Waals surface area contributed by atoms with Gasteiger partial charge in [0, 0.05) is 11.9 Å². The average molecular weight is 152 g/mol. The number of anilines is 1. The lowest BCUT2D eigenvalue weighted by atomic mass is 10.2. The lowest BCUT2D eigenvalue weighted by Gasteiger charge is -1.97. The second-order valence-corrected chi connectivity index (χ2v) is 2.30. The summed E-state index contributed by atoms with van der Waals surface area (Å²) < 4.78 is 0. The normalized spacial score (nSPS) is 9.91. The van der Waals surface area contributed by atoms with Gasteiger partial charge in [-0.05, 0) is 25.5 Å². The fourth-order valence-corrected chi connectivity index (χ4v) is 0.835. The summed E-state index contributed by atoms with van der Waals surface area (Å²) >= 11 is 0. The summed E-state index contributed by atoms with van der Waals surface area (Å²) in [7, 11) is 0. The molecule has 4 nitrogen and oxygen atoms in total. The van der Waals surface area contributed by atoms with Crippen LogP contribution in [-0.2, 0) is 6.42 Å². The molecule has 0 unspecified atom stereocenters. The van der Waals surface area contributed by atoms with E-state index in [2.05, 4.69) is 9.97 Å². The summed E-state index contributed by atoms with van der Waals surface area (Å²) in [5.74, 6) is 0.333. The molecule has 0 atom stereocenters. The van der Waals surface area contributed by atoms with Crippen molar-refractivity contribution in [3.8, 4) is 0 Å². The topological polar surface area (TPSA) is 77.8 Å². The monoisotopic (exact) mass is 152 g/mol. The van der Waals surface area contributed by atoms with E-state index in [0.717, 1.165) is 18.5 Å². The van der Waals surface area contributed by atoms with Crippen molar-refractivity contribution in [2.75, 3.05) is 12.3 Å². The highest BCUT2D eigenvalue weighted by Crippen LogP contribution is 1.98. The molecule has 0 aliphatic carbocycles. The molecule has 0 aromatic carbocycles. The van der Waals surface area contributed by atoms with Gasteiger partial charge < -0.3 is 11.5 Å². The maximum Gasteiger partial charge on any atom is 0.220 e. The van der Waals surface area contributed by atoms with Gasteiger partial charge in [0.2, 0.25) is 5.95 Å². The van der Waals surface area contributed by atoms with Crippen LogP contribution >= 0.6 is 0 Å². The molecule has 0 aliphatic rings. The van der Waals surface area contributed by atoms with Gasteiger partial charge in [0.15, 0.2) is 0 Å². The molecule has 1 aromatic rings. The summed E-state index contributed by atoms with van der Waals surface area (Å²) in [6.45, 7) is 0.684. The summed E-state index contributed by atoms with van der Waals surface area (Å²) in [4.78, 5) is 7.81. The maximum absolute atomic E-state index is 5.38. The number of aromatic nitrogens is 2. The zero-order valence-corrected chi connectivity index (χ0v) is 6.33. The molecule has 0 bridgehead atoms. The maximum atomic E-state index is 5.38. The number of nitrogens with zero attached hydrogens (tertiary/aromatic N) is 2. The number of hydrogen-bond donors (Lipinski definition) is 2. The third-order valence-electron chi connectivity index (χ3n) is 1.37. The first-order valence-electron chi connectivity index (χ1n) is 3.60. The zero-order valence-electron chi connectivity index (χ0n) is 6.33. The molecule has 1 aromatic heterocycles. The SMILES string of the molecule is NCCCc1ccnc(N)n1. The molecule has 1 rings (SSSR count). The average Bonchev–Trinajstić information content (AvgIpc) is 2.01. The van der Waals surface area contributed by atoms with Crippen LogP contribution in [0.3, 0.4) is 0 Å². The highest BCUT2D eigenvalue weighted by atomic mass is 15.0. The van der Waals surface area contributed by atoms with Gasteiger partial charge >= 0.3 is 0 Å². The Balaban J connectivity index is 2.56. The molecule has 60 valence electrons. The molecule has 0 spiro atoms. The molecule has 0 aliphatic heterocycles. The van der Waals surface area contributed by atoms with Gasteiger partial charge in [0.1, 0.15) is 0 Å². The van der Waals surface area contributed by atoms with E-state index >= 15 is 0 Å². The van der Waals surface area contributed by atoms with Crippen LogP contribution < -0.4 is 11.5 Å². The minimum absolute atomic E-state index is 0.333. The molecule has 0 amide bonds. The van der Waals surface area contributed by atoms with Gasteiger partial charge in [-0.2, -0.15) is 0 Å². The second kappa shape index (κ2) is 3.88. The lowest BCUT2D eigenvalue weighted by molar-refractivity contribution is 0.808. The van der Waals surface area contributed by atoms with Crippen LogP contribution in [-0.4, -0.2) is 16.5 Å². The van der Waals surface area contributed by atoms with E-state index < -0.39 is 0 Å². The minimum atomic E-state index is 0.333. The van der Waals surface area contributed by atoms with Crippen molar-refractivity contribution in [3.63, 3.8) is 0 Å². The van der Waals surface area contributed by atoms with Crippen molar-refractivity contribution in [1.29, 1.82) is 0 Å². The van der Waals surface area contributed by atoms with Crippen LogP contribution in [0.25, 0.3) is 0 Å². The van der Waals surface area contributed by atoms with Gasteiger partial charge in [-0.25, -0.2) is 9.97 Å². The first-order chi connectivity index (χ1) is 5.33. The van der Waals surface area contributed by atoms with Crippen molar-refractivity contribution in [1.82, 2.24) is 9.97 Å². The largest absolute Gasteiger partial charge is 0.368 e. The van der Waals surface area contributed by atoms with Gasteiger partial charge in [-0.1, -0.05) is 0 Å². The van der Waals surface area contributed by atoms with Crippen LogP contribution in [0.1, 0.15) is 12.1 Å². The quantitative estimate of drug-likeness (QED) is 0.636. The molecule has 0 saturated heterocycles. The van der Waals surface area contributed by atoms with Crippen molar-refractivity contribution in [3.05, 3.63) is 18.0 Å². The van der Waals surface area contributed by atoms with Crippen LogP contribution in [0, 0.1) is 0 Å². The molecule has 11 heavy (non-hydrogen) atoms. The Bertz CT molecular complexity index is 223. The Labute approximate surface area is 65.6 Å². The fourth-order valence-electron chi connectivity index (χ4n) is 0.835. The van der Waals surface area contributed by atoms with E-state index in [0.29, 0.717) is 12.5 Å². The molecular formula is C7H12N4. The molecular weight excluding hydrogens is 140 g/mol. The van der Waals surface area contributed by atoms with Crippen molar-refractivity contribution >= 4 is 5.95 Å². The van der Waals surface area contributed by atoms with E-state index in [4.69, 9.17) is 11.5 Å². The zero-order chi connectivity index (χ0) is 8.10. The van der Waals surface area contributed by atoms with E-state index in [1.807, 2.05) is 6.07 Å². The smallest absolute Gasteiger partial charge is 0.220 e. The van der Waals surface area contributed by atoms with Gasteiger partial charge in [-0.3, -0.25) is 0 Å². The van der Waals surface area contributed by atoms with Crippen molar-refractivity contribution in [2.24, 2.45) is 5.73 Å². The molecule has 0 fully saturated rings. The van der Waals surface area contributed by atoms with E-state index in [-0.39, 0.29) is 0 Å². The number of hydrogen-bond acceptors (Lipinski definition) is 4. The summed E-state index contributed by atoms with van der Waals surface area (Å²) in [5.41, 5.74) is 11.7. The van der Waals surface area contributed by atoms with Gasteiger partial charge in [0.25, 0.3) is 0 Å². The Morgan fingerprint density at radius 3 is 2.91 bits per heavy atom. The van der Waals surface area contributed by atoms with Crippen LogP contribution in [0.5, 0.6) is 0 Å². The van der Waals surface area contributed by atoms with E-state index in [9.17, 15) is 0 Å². The molecule has 0 saturated carbocycles. The van der Waals surface area contributed by atoms with Gasteiger partial charge in [0.05, 0.1) is 0 Å². The summed E-state index contributed by atoms with van der Waals surface area (Å²) in [6.07, 6.45) is 3.48. The molecule has 0 radical (unpaired) electrons. The van der Waals surface area contributed by atoms with Crippen molar-refractivity contribution < 1.29 is 0 Å². The van der Waals surface area contributed by atoms with Crippen LogP contribution in [0.4, 0.5) is 5.95 Å².